The molecule has 5 heterocycles. The third kappa shape index (κ3) is 34.4. The zero-order chi connectivity index (χ0) is 79.8. The van der Waals surface area contributed by atoms with Crippen molar-refractivity contribution in [1.29, 1.82) is 0 Å². The number of carbonyl (C=O) groups is 2. The largest absolute Gasteiger partial charge is 0.470 e. The maximum Gasteiger partial charge on any atom is 0.307 e. The van der Waals surface area contributed by atoms with Crippen LogP contribution in [0.1, 0.15) is 152 Å². The predicted molar refractivity (Wildman–Crippen MR) is 413 cm³/mol. The van der Waals surface area contributed by atoms with Crippen LogP contribution in [0.25, 0.3) is 16.6 Å². The Morgan fingerprint density at radius 3 is 1.52 bits per heavy atom. The Morgan fingerprint density at radius 1 is 0.642 bits per heavy atom. The number of thioether (sulfide) groups is 2. The number of ether oxygens (including phenoxy) is 8. The SMILES string of the molecule is CC(C)(C)OC(=O)CC1(CO)COC(C)(C)OC1.CCC(CO)(CO)NCC1=CCc2c1nc[nH]c2=O.CCC(CO)(CO)NCc1cn(COCc2ccccc2)c2c(OC(C)(C)C)ncnc12.CSCC(N)(CO)CO.CSCC1(CC(=O)OC(C)(C)C)COC(C)(C)OC1.Cl.NC(CO)(CO)CO. The van der Waals surface area contributed by atoms with Crippen LogP contribution in [0.3, 0.4) is 0 Å². The van der Waals surface area contributed by atoms with Crippen molar-refractivity contribution in [3.63, 3.8) is 0 Å². The van der Waals surface area contributed by atoms with Crippen molar-refractivity contribution < 1.29 is 98.5 Å². The summed E-state index contributed by atoms with van der Waals surface area (Å²) in [6.07, 6.45) is 12.9. The minimum absolute atomic E-state index is 0. The Hall–Kier alpha value is -4.57. The Balaban J connectivity index is 0.000000671. The number of aliphatic hydroxyl groups is 10. The van der Waals surface area contributed by atoms with Gasteiger partial charge in [-0.3, -0.25) is 14.4 Å². The van der Waals surface area contributed by atoms with E-state index >= 15 is 0 Å². The van der Waals surface area contributed by atoms with Crippen LogP contribution in [0.2, 0.25) is 0 Å². The van der Waals surface area contributed by atoms with Crippen molar-refractivity contribution in [3.05, 3.63) is 88.0 Å². The standard InChI is InChI=1S/C24H34N4O4.C14H26O4S.C13H19N3O3.C13H24O5.C5H13NO2S.C4H11NO3.ClH/c1-5-24(14-29,15-30)27-11-19-12-28(17-31-13-18-9-7-6-8-10-18)21-20(19)25-16-26-22(21)32-23(2,3)4;1-12(2,3)18-11(15)7-14(10-19-6)8-16-13(4,5)17-9-14;1-2-13(6-17,7-18)16-5-9-3-4-10-11(9)14-8-15-12(10)19;1-11(2,3)18-10(15)6-13(7-14)8-16-12(4,5)17-9-13;1-9-4-5(6,2-7)3-8;5-4(1-6,2-7)3-8;/h6-10,12,16,27,29-30H,5,11,13-15,17H2,1-4H3;7-10H2,1-6H3;3,8,16-18H,2,4-7H2,1H3,(H,14,15,19);14H,6-9H2,1-5H3;7-8H,2-4,6H2,1H3;6-8H,1-3,5H2;1H. The molecule has 0 atom stereocenters. The number of nitrogens with one attached hydrogen (secondary N) is 3. The van der Waals surface area contributed by atoms with Crippen molar-refractivity contribution in [2.24, 2.45) is 22.3 Å². The topological polar surface area (TPSA) is 463 Å². The molecule has 0 unspecified atom stereocenters. The van der Waals surface area contributed by atoms with Crippen molar-refractivity contribution in [2.45, 2.75) is 206 Å². The summed E-state index contributed by atoms with van der Waals surface area (Å²) in [5.41, 5.74) is 10.5. The first-order valence-electron chi connectivity index (χ1n) is 35.0. The highest BCUT2D eigenvalue weighted by Gasteiger charge is 2.44. The summed E-state index contributed by atoms with van der Waals surface area (Å²) < 4.78 is 47.2. The maximum atomic E-state index is 12.0. The van der Waals surface area contributed by atoms with Crippen LogP contribution in [-0.4, -0.2) is 261 Å². The third-order valence-electron chi connectivity index (χ3n) is 16.7. The molecule has 106 heavy (non-hydrogen) atoms. The molecular formula is C73H128ClN9O21S2. The number of aromatic amines is 1. The lowest BCUT2D eigenvalue weighted by atomic mass is 9.86. The first kappa shape index (κ1) is 99.4. The van der Waals surface area contributed by atoms with Crippen LogP contribution < -0.4 is 32.4 Å². The quantitative estimate of drug-likeness (QED) is 0.0318. The van der Waals surface area contributed by atoms with Gasteiger partial charge in [0.1, 0.15) is 40.9 Å². The van der Waals surface area contributed by atoms with Crippen molar-refractivity contribution >= 4 is 64.5 Å². The first-order chi connectivity index (χ1) is 49.0. The van der Waals surface area contributed by atoms with Crippen LogP contribution >= 0.6 is 35.9 Å². The summed E-state index contributed by atoms with van der Waals surface area (Å²) in [7, 11) is 0. The molecule has 30 nitrogen and oxygen atoms in total. The number of nitrogens with two attached hydrogens (primary N) is 2. The number of aliphatic hydroxyl groups excluding tert-OH is 10. The summed E-state index contributed by atoms with van der Waals surface area (Å²) in [5.74, 6) is 0.144. The van der Waals surface area contributed by atoms with Gasteiger partial charge in [0.2, 0.25) is 5.88 Å². The van der Waals surface area contributed by atoms with Gasteiger partial charge in [-0.2, -0.15) is 28.5 Å². The van der Waals surface area contributed by atoms with Gasteiger partial charge in [0.25, 0.3) is 5.56 Å². The van der Waals surface area contributed by atoms with Crippen LogP contribution in [0.4, 0.5) is 0 Å². The van der Waals surface area contributed by atoms with E-state index in [0.717, 1.165) is 33.5 Å². The molecule has 0 radical (unpaired) electrons. The number of nitrogens with zero attached hydrogens (tertiary/aromatic N) is 4. The van der Waals surface area contributed by atoms with E-state index in [1.807, 2.05) is 164 Å². The number of aromatic nitrogens is 5. The van der Waals surface area contributed by atoms with Gasteiger partial charge >= 0.3 is 11.9 Å². The highest BCUT2D eigenvalue weighted by atomic mass is 35.5. The van der Waals surface area contributed by atoms with Crippen molar-refractivity contribution in [2.75, 3.05) is 123 Å². The normalized spacial score (nSPS) is 16.0. The van der Waals surface area contributed by atoms with E-state index in [1.165, 1.54) is 24.4 Å². The molecule has 0 spiro atoms. The fourth-order valence-corrected chi connectivity index (χ4v) is 11.4. The van der Waals surface area contributed by atoms with E-state index in [0.29, 0.717) is 88.2 Å². The first-order valence-corrected chi connectivity index (χ1v) is 37.8. The second kappa shape index (κ2) is 45.7. The van der Waals surface area contributed by atoms with Gasteiger partial charge in [-0.05, 0) is 133 Å². The summed E-state index contributed by atoms with van der Waals surface area (Å²) in [4.78, 5) is 51.1. The van der Waals surface area contributed by atoms with E-state index in [1.54, 1.807) is 11.8 Å². The Morgan fingerprint density at radius 2 is 1.11 bits per heavy atom. The molecule has 17 N–H and O–H groups in total. The third-order valence-corrected chi connectivity index (χ3v) is 18.5. The van der Waals surface area contributed by atoms with E-state index < -0.39 is 75.8 Å². The van der Waals surface area contributed by atoms with Gasteiger partial charge in [0.05, 0.1) is 152 Å². The molecule has 610 valence electrons. The predicted octanol–water partition coefficient (Wildman–Crippen LogP) is 3.88. The molecule has 2 aliphatic heterocycles. The van der Waals surface area contributed by atoms with Gasteiger partial charge < -0.3 is 121 Å². The van der Waals surface area contributed by atoms with E-state index in [4.69, 9.17) is 74.9 Å². The molecule has 2 saturated heterocycles. The second-order valence-corrected chi connectivity index (χ2v) is 32.5. The monoisotopic (exact) mass is 1570 g/mol. The maximum absolute atomic E-state index is 12.0. The van der Waals surface area contributed by atoms with Crippen LogP contribution in [0.5, 0.6) is 5.88 Å². The van der Waals surface area contributed by atoms with Gasteiger partial charge in [0.15, 0.2) is 11.6 Å². The van der Waals surface area contributed by atoms with E-state index in [9.17, 15) is 39.9 Å². The van der Waals surface area contributed by atoms with Gasteiger partial charge in [0, 0.05) is 47.3 Å². The Labute approximate surface area is 640 Å². The zero-order valence-corrected chi connectivity index (χ0v) is 68.0. The summed E-state index contributed by atoms with van der Waals surface area (Å²) in [5, 5.41) is 96.5. The number of carbonyl (C=O) groups excluding carboxylic acids is 2. The molecule has 4 aromatic rings. The number of halogens is 1. The highest BCUT2D eigenvalue weighted by Crippen LogP contribution is 2.37. The molecule has 7 rings (SSSR count). The summed E-state index contributed by atoms with van der Waals surface area (Å²) in [6.45, 7) is 29.2. The number of benzene rings is 1. The number of allylic oxidation sites excluding steroid dienone is 1. The van der Waals surface area contributed by atoms with Crippen LogP contribution in [-0.2, 0) is 69.1 Å². The molecule has 2 fully saturated rings. The number of hydrogen-bond donors (Lipinski definition) is 15. The number of hydrogen-bond acceptors (Lipinski definition) is 30. The van der Waals surface area contributed by atoms with Crippen LogP contribution in [0.15, 0.2) is 60.1 Å². The van der Waals surface area contributed by atoms with E-state index in [-0.39, 0.29) is 101 Å². The molecule has 1 aromatic carbocycles. The minimum atomic E-state index is -1.21. The number of esters is 2. The average Bonchev–Trinajstić information content (AvgIpc) is 1.60. The van der Waals surface area contributed by atoms with Gasteiger partial charge in [-0.25, -0.2) is 9.97 Å². The van der Waals surface area contributed by atoms with Crippen LogP contribution in [0, 0.1) is 10.8 Å². The fourth-order valence-electron chi connectivity index (χ4n) is 9.77. The second-order valence-electron chi connectivity index (χ2n) is 30.8. The molecule has 3 aromatic heterocycles. The molecule has 0 bridgehead atoms. The van der Waals surface area contributed by atoms with Gasteiger partial charge in [-0.1, -0.05) is 50.3 Å². The molecular weight excluding hydrogens is 1440 g/mol. The smallest absolute Gasteiger partial charge is 0.307 e. The van der Waals surface area contributed by atoms with Crippen molar-refractivity contribution in [1.82, 2.24) is 35.1 Å². The van der Waals surface area contributed by atoms with Crippen molar-refractivity contribution in [3.8, 4) is 5.88 Å². The lowest BCUT2D eigenvalue weighted by Crippen LogP contribution is -2.51. The lowest BCUT2D eigenvalue weighted by molar-refractivity contribution is -0.291. The number of fused-ring (bicyclic) bond motifs is 2. The average molecular weight is 1570 g/mol. The number of rotatable bonds is 31. The van der Waals surface area contributed by atoms with E-state index in [2.05, 4.69) is 30.6 Å². The fraction of sp³-hybridized carbons (Fsp3) is 0.726. The number of H-pyrrole nitrogens is 1. The molecule has 33 heteroatoms. The summed E-state index contributed by atoms with van der Waals surface area (Å²) in [6, 6.07) is 9.99. The molecule has 0 saturated carbocycles. The Kier molecular flexibility index (Phi) is 42.9. The Bertz CT molecular complexity index is 3210. The minimum Gasteiger partial charge on any atom is -0.470 e. The summed E-state index contributed by atoms with van der Waals surface area (Å²) >= 11 is 3.21. The van der Waals surface area contributed by atoms with Gasteiger partial charge in [-0.15, -0.1) is 12.4 Å². The lowest BCUT2D eigenvalue weighted by Gasteiger charge is -2.43. The zero-order valence-electron chi connectivity index (χ0n) is 65.5. The highest BCUT2D eigenvalue weighted by molar-refractivity contribution is 7.98. The molecule has 3 aliphatic rings. The molecule has 1 aliphatic carbocycles. The molecule has 0 amide bonds.